The van der Waals surface area contributed by atoms with Crippen LogP contribution < -0.4 is 4.80 Å². The Balaban J connectivity index is 1.98. The largest absolute Gasteiger partial charge is 0.288 e. The minimum atomic E-state index is -0.611. The fourth-order valence-corrected chi connectivity index (χ4v) is 4.04. The average Bonchev–Trinajstić information content (AvgIpc) is 3.16. The number of hydrogen-bond donors (Lipinski definition) is 1. The summed E-state index contributed by atoms with van der Waals surface area (Å²) in [6.07, 6.45) is 2.93. The first-order valence-electron chi connectivity index (χ1n) is 8.98. The minimum Gasteiger partial charge on any atom is -0.288 e. The van der Waals surface area contributed by atoms with Crippen molar-refractivity contribution in [2.45, 2.75) is 0 Å². The number of thiazole rings is 1. The molecule has 2 aromatic carbocycles. The number of aromatic nitrogens is 3. The number of non-ortho nitro benzene ring substituents is 2. The van der Waals surface area contributed by atoms with E-state index in [1.807, 2.05) is 0 Å². The molecule has 0 bridgehead atoms. The van der Waals surface area contributed by atoms with Crippen molar-refractivity contribution < 1.29 is 14.6 Å². The van der Waals surface area contributed by atoms with Gasteiger partial charge < -0.3 is 0 Å². The summed E-state index contributed by atoms with van der Waals surface area (Å²) in [7, 11) is 0. The van der Waals surface area contributed by atoms with E-state index in [-0.39, 0.29) is 38.3 Å². The van der Waals surface area contributed by atoms with Crippen LogP contribution in [0.4, 0.5) is 11.4 Å². The highest BCUT2D eigenvalue weighted by Crippen LogP contribution is 2.32. The van der Waals surface area contributed by atoms with Gasteiger partial charge in [-0.3, -0.25) is 35.0 Å². The maximum absolute atomic E-state index is 13.3. The molecule has 158 valence electrons. The Bertz CT molecular complexity index is 1430. The van der Waals surface area contributed by atoms with Crippen LogP contribution in [-0.4, -0.2) is 30.2 Å². The Morgan fingerprint density at radius 2 is 1.56 bits per heavy atom. The quantitative estimate of drug-likeness (QED) is 0.268. The third-order valence-corrected chi connectivity index (χ3v) is 5.41. The van der Waals surface area contributed by atoms with E-state index in [0.717, 1.165) is 17.4 Å². The van der Waals surface area contributed by atoms with Crippen LogP contribution in [0, 0.1) is 25.6 Å². The Hall–Kier alpha value is -4.58. The van der Waals surface area contributed by atoms with Crippen molar-refractivity contribution in [3.8, 4) is 17.2 Å². The number of benzene rings is 2. The zero-order chi connectivity index (χ0) is 22.8. The van der Waals surface area contributed by atoms with Crippen molar-refractivity contribution in [1.82, 2.24) is 14.5 Å². The third kappa shape index (κ3) is 3.77. The Morgan fingerprint density at radius 1 is 0.938 bits per heavy atom. The van der Waals surface area contributed by atoms with Crippen LogP contribution in [0.25, 0.3) is 17.2 Å². The Labute approximate surface area is 183 Å². The molecule has 1 N–H and O–H groups in total. The van der Waals surface area contributed by atoms with Crippen molar-refractivity contribution in [3.63, 3.8) is 0 Å². The van der Waals surface area contributed by atoms with Gasteiger partial charge in [0.05, 0.1) is 15.5 Å². The monoisotopic (exact) mass is 448 g/mol. The van der Waals surface area contributed by atoms with Gasteiger partial charge in [0.25, 0.3) is 11.4 Å². The highest BCUT2D eigenvalue weighted by atomic mass is 32.1. The molecule has 0 fully saturated rings. The van der Waals surface area contributed by atoms with E-state index in [9.17, 15) is 25.0 Å². The average molecular weight is 448 g/mol. The van der Waals surface area contributed by atoms with Gasteiger partial charge in [-0.15, -0.1) is 0 Å². The molecular formula is C20H12N6O5S. The van der Waals surface area contributed by atoms with Crippen LogP contribution in [0.15, 0.2) is 67.0 Å². The number of hydrogen-bond acceptors (Lipinski definition) is 9. The first kappa shape index (κ1) is 20.7. The van der Waals surface area contributed by atoms with Gasteiger partial charge in [-0.25, -0.2) is 9.97 Å². The van der Waals surface area contributed by atoms with Gasteiger partial charge in [0.1, 0.15) is 4.88 Å². The maximum Gasteiger partial charge on any atom is 0.270 e. The lowest BCUT2D eigenvalue weighted by Crippen LogP contribution is -2.15. The van der Waals surface area contributed by atoms with Gasteiger partial charge in [0.2, 0.25) is 11.7 Å². The topological polar surface area (TPSA) is 158 Å². The van der Waals surface area contributed by atoms with E-state index in [1.54, 1.807) is 12.1 Å². The molecule has 0 radical (unpaired) electrons. The number of carbonyl (C=O) groups is 1. The summed E-state index contributed by atoms with van der Waals surface area (Å²) in [6.45, 7) is 0. The highest BCUT2D eigenvalue weighted by molar-refractivity contribution is 7.12. The van der Waals surface area contributed by atoms with Crippen LogP contribution in [-0.2, 0) is 0 Å². The van der Waals surface area contributed by atoms with E-state index in [2.05, 4.69) is 9.97 Å². The molecule has 2 heterocycles. The molecule has 11 nitrogen and oxygen atoms in total. The zero-order valence-electron chi connectivity index (χ0n) is 16.0. The van der Waals surface area contributed by atoms with E-state index < -0.39 is 15.6 Å². The van der Waals surface area contributed by atoms with Crippen LogP contribution in [0.2, 0.25) is 0 Å². The number of rotatable bonds is 6. The number of carbonyl (C=O) groups excluding carboxylic acids is 1. The standard InChI is InChI=1S/C20H12N6O5S/c21-19-24(20-22-8-3-9-23-20)16(12-4-1-6-14(10-12)25(28)29)18(32-19)17(27)13-5-2-7-15(11-13)26(30)31/h1-11,21H. The molecule has 0 atom stereocenters. The van der Waals surface area contributed by atoms with Crippen molar-refractivity contribution in [2.75, 3.05) is 0 Å². The molecule has 2 aromatic heterocycles. The molecule has 4 rings (SSSR count). The normalized spacial score (nSPS) is 10.6. The fourth-order valence-electron chi connectivity index (χ4n) is 3.06. The van der Waals surface area contributed by atoms with Gasteiger partial charge in [0.15, 0.2) is 4.80 Å². The van der Waals surface area contributed by atoms with E-state index >= 15 is 0 Å². The number of ketones is 1. The maximum atomic E-state index is 13.3. The van der Waals surface area contributed by atoms with Crippen molar-refractivity contribution in [1.29, 1.82) is 5.41 Å². The van der Waals surface area contributed by atoms with Gasteiger partial charge >= 0.3 is 0 Å². The van der Waals surface area contributed by atoms with Gasteiger partial charge in [-0.05, 0) is 6.07 Å². The summed E-state index contributed by atoms with van der Waals surface area (Å²) in [4.78, 5) is 42.9. The summed E-state index contributed by atoms with van der Waals surface area (Å²) in [5.74, 6) is -0.461. The predicted molar refractivity (Wildman–Crippen MR) is 114 cm³/mol. The van der Waals surface area contributed by atoms with Crippen LogP contribution >= 0.6 is 11.3 Å². The highest BCUT2D eigenvalue weighted by Gasteiger charge is 2.25. The van der Waals surface area contributed by atoms with E-state index in [1.165, 1.54) is 53.4 Å². The van der Waals surface area contributed by atoms with Gasteiger partial charge in [-0.2, -0.15) is 0 Å². The Morgan fingerprint density at radius 3 is 2.22 bits per heavy atom. The molecule has 0 aliphatic rings. The second kappa shape index (κ2) is 8.28. The summed E-state index contributed by atoms with van der Waals surface area (Å²) in [6, 6.07) is 12.4. The molecule has 0 amide bonds. The van der Waals surface area contributed by atoms with Crippen LogP contribution in [0.1, 0.15) is 15.2 Å². The molecule has 0 spiro atoms. The van der Waals surface area contributed by atoms with Crippen molar-refractivity contribution in [3.05, 3.63) is 102 Å². The van der Waals surface area contributed by atoms with E-state index in [4.69, 9.17) is 5.41 Å². The minimum absolute atomic E-state index is 0.0493. The third-order valence-electron chi connectivity index (χ3n) is 4.45. The first-order chi connectivity index (χ1) is 15.4. The molecular weight excluding hydrogens is 436 g/mol. The summed E-state index contributed by atoms with van der Waals surface area (Å²) in [5, 5.41) is 30.9. The smallest absolute Gasteiger partial charge is 0.270 e. The summed E-state index contributed by atoms with van der Waals surface area (Å²) >= 11 is 0.822. The first-order valence-corrected chi connectivity index (χ1v) is 9.80. The number of nitro groups is 2. The molecule has 0 aliphatic heterocycles. The summed E-state index contributed by atoms with van der Waals surface area (Å²) < 4.78 is 1.31. The molecule has 0 saturated carbocycles. The van der Waals surface area contributed by atoms with Gasteiger partial charge in [-0.1, -0.05) is 35.6 Å². The SMILES string of the molecule is N=c1sc(C(=O)c2cccc([N+](=O)[O-])c2)c(-c2cccc([N+](=O)[O-])c2)n1-c1ncccn1. The number of nitro benzene ring substituents is 2. The molecule has 32 heavy (non-hydrogen) atoms. The zero-order valence-corrected chi connectivity index (χ0v) is 16.9. The Kier molecular flexibility index (Phi) is 5.35. The lowest BCUT2D eigenvalue weighted by molar-refractivity contribution is -0.385. The predicted octanol–water partition coefficient (Wildman–Crippen LogP) is 3.52. The molecule has 0 unspecified atom stereocenters. The lowest BCUT2D eigenvalue weighted by atomic mass is 10.0. The molecule has 0 aliphatic carbocycles. The summed E-state index contributed by atoms with van der Waals surface area (Å²) in [5.41, 5.74) is 0.0824. The van der Waals surface area contributed by atoms with Crippen LogP contribution in [0.3, 0.4) is 0 Å². The molecule has 4 aromatic rings. The van der Waals surface area contributed by atoms with E-state index in [0.29, 0.717) is 5.56 Å². The second-order valence-corrected chi connectivity index (χ2v) is 7.41. The molecule has 12 heteroatoms. The van der Waals surface area contributed by atoms with Crippen molar-refractivity contribution in [2.24, 2.45) is 0 Å². The molecule has 0 saturated heterocycles. The number of nitrogens with one attached hydrogen (secondary N) is 1. The van der Waals surface area contributed by atoms with Gasteiger partial charge in [0, 0.05) is 47.8 Å². The lowest BCUT2D eigenvalue weighted by Gasteiger charge is -2.09. The second-order valence-electron chi connectivity index (χ2n) is 6.41. The number of nitrogens with zero attached hydrogens (tertiary/aromatic N) is 5. The fraction of sp³-hybridized carbons (Fsp3) is 0. The van der Waals surface area contributed by atoms with Crippen LogP contribution in [0.5, 0.6) is 0 Å². The van der Waals surface area contributed by atoms with Crippen molar-refractivity contribution >= 4 is 28.5 Å².